The van der Waals surface area contributed by atoms with Crippen LogP contribution in [0.4, 0.5) is 0 Å². The van der Waals surface area contributed by atoms with E-state index in [1.807, 2.05) is 0 Å². The summed E-state index contributed by atoms with van der Waals surface area (Å²) in [6.45, 7) is 4.62. The van der Waals surface area contributed by atoms with Gasteiger partial charge in [0.15, 0.2) is 0 Å². The molecule has 0 aromatic heterocycles. The van der Waals surface area contributed by atoms with Gasteiger partial charge in [-0.3, -0.25) is 4.90 Å². The van der Waals surface area contributed by atoms with Crippen LogP contribution < -0.4 is 0 Å². The van der Waals surface area contributed by atoms with Crippen molar-refractivity contribution >= 4 is 0 Å². The van der Waals surface area contributed by atoms with Crippen molar-refractivity contribution in [1.29, 1.82) is 0 Å². The zero-order valence-electron chi connectivity index (χ0n) is 9.27. The number of fused-ring (bicyclic) bond motifs is 2. The third kappa shape index (κ3) is 1.93. The van der Waals surface area contributed by atoms with Gasteiger partial charge in [-0.05, 0) is 37.0 Å². The lowest BCUT2D eigenvalue weighted by molar-refractivity contribution is -0.0903. The molecule has 0 spiro atoms. The second-order valence-corrected chi connectivity index (χ2v) is 5.42. The summed E-state index contributed by atoms with van der Waals surface area (Å²) in [4.78, 5) is 2.67. The highest BCUT2D eigenvalue weighted by molar-refractivity contribution is 4.95. The summed E-state index contributed by atoms with van der Waals surface area (Å²) in [5, 5.41) is 9.11. The number of ether oxygens (including phenoxy) is 1. The Morgan fingerprint density at radius 1 is 1.13 bits per heavy atom. The number of hydrogen-bond donors (Lipinski definition) is 1. The Bertz CT molecular complexity index is 216. The first-order valence-electron chi connectivity index (χ1n) is 6.31. The molecule has 2 atom stereocenters. The lowest BCUT2D eigenvalue weighted by Crippen LogP contribution is -2.53. The molecule has 3 fully saturated rings. The van der Waals surface area contributed by atoms with Crippen molar-refractivity contribution < 1.29 is 9.84 Å². The fraction of sp³-hybridized carbons (Fsp3) is 1.00. The lowest BCUT2D eigenvalue weighted by atomic mass is 9.75. The van der Waals surface area contributed by atoms with Gasteiger partial charge in [0.25, 0.3) is 0 Å². The Morgan fingerprint density at radius 2 is 1.80 bits per heavy atom. The fourth-order valence-electron chi connectivity index (χ4n) is 3.41. The van der Waals surface area contributed by atoms with E-state index in [0.717, 1.165) is 31.6 Å². The molecule has 1 saturated carbocycles. The number of rotatable bonds is 3. The zero-order valence-corrected chi connectivity index (χ0v) is 9.27. The van der Waals surface area contributed by atoms with E-state index in [1.165, 1.54) is 25.9 Å². The number of likely N-dealkylation sites (tertiary alicyclic amines) is 1. The predicted molar refractivity (Wildman–Crippen MR) is 57.6 cm³/mol. The van der Waals surface area contributed by atoms with Crippen LogP contribution in [0.3, 0.4) is 0 Å². The van der Waals surface area contributed by atoms with Crippen LogP contribution in [0.1, 0.15) is 19.3 Å². The standard InChI is InChI=1S/C12H21NO2/c14-4-3-12-9-5-13(11-1-2-11)6-10(12)8-15-7-9/h9-12,14H,1-8H2. The average molecular weight is 211 g/mol. The zero-order chi connectivity index (χ0) is 10.3. The summed E-state index contributed by atoms with van der Waals surface area (Å²) >= 11 is 0. The molecule has 0 radical (unpaired) electrons. The van der Waals surface area contributed by atoms with Crippen LogP contribution >= 0.6 is 0 Å². The molecule has 1 aliphatic carbocycles. The van der Waals surface area contributed by atoms with Gasteiger partial charge < -0.3 is 9.84 Å². The highest BCUT2D eigenvalue weighted by atomic mass is 16.5. The first-order chi connectivity index (χ1) is 7.38. The molecule has 15 heavy (non-hydrogen) atoms. The van der Waals surface area contributed by atoms with Crippen LogP contribution in [0.5, 0.6) is 0 Å². The molecule has 1 N–H and O–H groups in total. The Kier molecular flexibility index (Phi) is 2.71. The number of piperidine rings is 1. The van der Waals surface area contributed by atoms with E-state index in [9.17, 15) is 0 Å². The van der Waals surface area contributed by atoms with Crippen LogP contribution in [-0.4, -0.2) is 49.0 Å². The summed E-state index contributed by atoms with van der Waals surface area (Å²) in [7, 11) is 0. The fourth-order valence-corrected chi connectivity index (χ4v) is 3.41. The summed E-state index contributed by atoms with van der Waals surface area (Å²) < 4.78 is 5.65. The van der Waals surface area contributed by atoms with Gasteiger partial charge in [-0.15, -0.1) is 0 Å². The second-order valence-electron chi connectivity index (χ2n) is 5.42. The molecule has 2 heterocycles. The molecular weight excluding hydrogens is 190 g/mol. The molecule has 2 saturated heterocycles. The molecule has 2 unspecified atom stereocenters. The molecule has 3 rings (SSSR count). The van der Waals surface area contributed by atoms with Gasteiger partial charge in [0.05, 0.1) is 13.2 Å². The molecule has 3 heteroatoms. The summed E-state index contributed by atoms with van der Waals surface area (Å²) in [6, 6.07) is 0.892. The number of nitrogens with zero attached hydrogens (tertiary/aromatic N) is 1. The molecule has 0 amide bonds. The molecule has 86 valence electrons. The summed E-state index contributed by atoms with van der Waals surface area (Å²) in [6.07, 6.45) is 3.80. The van der Waals surface area contributed by atoms with Gasteiger partial charge in [0.2, 0.25) is 0 Å². The molecule has 0 aromatic rings. The predicted octanol–water partition coefficient (Wildman–Crippen LogP) is 0.726. The van der Waals surface area contributed by atoms with E-state index in [0.29, 0.717) is 18.4 Å². The third-order valence-electron chi connectivity index (χ3n) is 4.34. The van der Waals surface area contributed by atoms with Crippen molar-refractivity contribution in [2.75, 3.05) is 32.9 Å². The smallest absolute Gasteiger partial charge is 0.0509 e. The largest absolute Gasteiger partial charge is 0.396 e. The van der Waals surface area contributed by atoms with E-state index in [1.54, 1.807) is 0 Å². The molecule has 0 aromatic carbocycles. The minimum Gasteiger partial charge on any atom is -0.396 e. The Balaban J connectivity index is 1.68. The normalized spacial score (nSPS) is 41.8. The maximum atomic E-state index is 9.11. The molecule has 2 aliphatic heterocycles. The van der Waals surface area contributed by atoms with Gasteiger partial charge in [-0.25, -0.2) is 0 Å². The summed E-state index contributed by atoms with van der Waals surface area (Å²) in [5.41, 5.74) is 0. The second kappa shape index (κ2) is 4.04. The van der Waals surface area contributed by atoms with Crippen molar-refractivity contribution in [3.05, 3.63) is 0 Å². The van der Waals surface area contributed by atoms with Crippen LogP contribution in [0.2, 0.25) is 0 Å². The van der Waals surface area contributed by atoms with Gasteiger partial charge in [0.1, 0.15) is 0 Å². The van der Waals surface area contributed by atoms with Crippen molar-refractivity contribution in [3.63, 3.8) is 0 Å². The first kappa shape index (κ1) is 10.1. The monoisotopic (exact) mass is 211 g/mol. The Hall–Kier alpha value is -0.120. The maximum absolute atomic E-state index is 9.11. The Labute approximate surface area is 91.4 Å². The first-order valence-corrected chi connectivity index (χ1v) is 6.31. The van der Waals surface area contributed by atoms with E-state index >= 15 is 0 Å². The molecular formula is C12H21NO2. The quantitative estimate of drug-likeness (QED) is 0.747. The highest BCUT2D eigenvalue weighted by Gasteiger charge is 2.43. The van der Waals surface area contributed by atoms with Crippen molar-refractivity contribution in [3.8, 4) is 0 Å². The van der Waals surface area contributed by atoms with Gasteiger partial charge in [0, 0.05) is 25.7 Å². The van der Waals surface area contributed by atoms with E-state index in [2.05, 4.69) is 4.90 Å². The van der Waals surface area contributed by atoms with Gasteiger partial charge in [-0.2, -0.15) is 0 Å². The highest BCUT2D eigenvalue weighted by Crippen LogP contribution is 2.39. The van der Waals surface area contributed by atoms with Crippen LogP contribution in [-0.2, 0) is 4.74 Å². The number of aliphatic hydroxyl groups is 1. The number of aliphatic hydroxyl groups excluding tert-OH is 1. The van der Waals surface area contributed by atoms with Crippen LogP contribution in [0.15, 0.2) is 0 Å². The van der Waals surface area contributed by atoms with Gasteiger partial charge >= 0.3 is 0 Å². The minimum absolute atomic E-state index is 0.348. The SMILES string of the molecule is OCCC1C2COCC1CN(C1CC1)C2. The Morgan fingerprint density at radius 3 is 2.33 bits per heavy atom. The number of hydrogen-bond acceptors (Lipinski definition) is 3. The maximum Gasteiger partial charge on any atom is 0.0509 e. The van der Waals surface area contributed by atoms with Crippen molar-refractivity contribution in [2.24, 2.45) is 17.8 Å². The molecule has 2 bridgehead atoms. The van der Waals surface area contributed by atoms with E-state index in [-0.39, 0.29) is 0 Å². The summed E-state index contributed by atoms with van der Waals surface area (Å²) in [5.74, 6) is 2.09. The molecule has 3 nitrogen and oxygen atoms in total. The average Bonchev–Trinajstić information content (AvgIpc) is 3.01. The van der Waals surface area contributed by atoms with Crippen LogP contribution in [0, 0.1) is 17.8 Å². The topological polar surface area (TPSA) is 32.7 Å². The van der Waals surface area contributed by atoms with E-state index < -0.39 is 0 Å². The minimum atomic E-state index is 0.348. The van der Waals surface area contributed by atoms with Crippen LogP contribution in [0.25, 0.3) is 0 Å². The van der Waals surface area contributed by atoms with Gasteiger partial charge in [-0.1, -0.05) is 0 Å². The lowest BCUT2D eigenvalue weighted by Gasteiger charge is -2.47. The van der Waals surface area contributed by atoms with Crippen molar-refractivity contribution in [2.45, 2.75) is 25.3 Å². The third-order valence-corrected chi connectivity index (χ3v) is 4.34. The van der Waals surface area contributed by atoms with E-state index in [4.69, 9.17) is 9.84 Å². The molecule has 3 aliphatic rings. The van der Waals surface area contributed by atoms with Crippen molar-refractivity contribution in [1.82, 2.24) is 4.90 Å².